The second-order valence-electron chi connectivity index (χ2n) is 14.8. The van der Waals surface area contributed by atoms with Crippen molar-refractivity contribution in [3.63, 3.8) is 0 Å². The number of hydrazone groups is 1. The van der Waals surface area contributed by atoms with Gasteiger partial charge in [-0.3, -0.25) is 14.6 Å². The number of rotatable bonds is 14. The Labute approximate surface area is 349 Å². The zero-order valence-corrected chi connectivity index (χ0v) is 35.1. The number of hydrogen-bond donors (Lipinski definition) is 6. The van der Waals surface area contributed by atoms with E-state index < -0.39 is 0 Å². The number of nitrogens with two attached hydrogens (primary N) is 2. The molecule has 0 bridgehead atoms. The summed E-state index contributed by atoms with van der Waals surface area (Å²) in [7, 11) is 0. The van der Waals surface area contributed by atoms with E-state index in [-0.39, 0.29) is 11.8 Å². The molecule has 15 nitrogen and oxygen atoms in total. The first-order chi connectivity index (χ1) is 27.7. The molecule has 0 saturated carbocycles. The number of aromatic nitrogens is 5. The van der Waals surface area contributed by atoms with Crippen molar-refractivity contribution in [1.29, 1.82) is 0 Å². The maximum Gasteiger partial charge on any atom is 0.270 e. The molecule has 3 aromatic heterocycles. The summed E-state index contributed by atoms with van der Waals surface area (Å²) in [5.41, 5.74) is 24.7. The number of halogens is 2. The Morgan fingerprint density at radius 3 is 1.91 bits per heavy atom. The molecule has 1 aliphatic heterocycles. The van der Waals surface area contributed by atoms with E-state index in [4.69, 9.17) is 34.7 Å². The lowest BCUT2D eigenvalue weighted by Crippen LogP contribution is -2.43. The van der Waals surface area contributed by atoms with Gasteiger partial charge in [0.15, 0.2) is 11.7 Å². The highest BCUT2D eigenvalue weighted by molar-refractivity contribution is 6.31. The predicted molar refractivity (Wildman–Crippen MR) is 227 cm³/mol. The number of nitrogens with one attached hydrogen (secondary N) is 4. The third kappa shape index (κ3) is 11.8. The number of aryl methyl sites for hydroxylation is 2. The minimum atomic E-state index is -0.271. The number of hydrazine groups is 2. The van der Waals surface area contributed by atoms with Crippen molar-refractivity contribution in [2.45, 2.75) is 74.3 Å². The number of amides is 2. The zero-order chi connectivity index (χ0) is 41.9. The molecular formula is C41H51Cl2N13O2. The van der Waals surface area contributed by atoms with Gasteiger partial charge in [-0.25, -0.2) is 15.5 Å². The molecule has 306 valence electrons. The van der Waals surface area contributed by atoms with E-state index in [0.717, 1.165) is 58.0 Å². The molecule has 17 heteroatoms. The molecule has 1 aliphatic rings. The summed E-state index contributed by atoms with van der Waals surface area (Å²) in [6.45, 7) is 15.2. The third-order valence-electron chi connectivity index (χ3n) is 8.86. The Kier molecular flexibility index (Phi) is 15.3. The highest BCUT2D eigenvalue weighted by Crippen LogP contribution is 2.21. The zero-order valence-electron chi connectivity index (χ0n) is 33.6. The van der Waals surface area contributed by atoms with Crippen LogP contribution in [-0.2, 0) is 32.7 Å². The van der Waals surface area contributed by atoms with E-state index in [1.807, 2.05) is 59.8 Å². The van der Waals surface area contributed by atoms with Crippen LogP contribution in [0.2, 0.25) is 10.0 Å². The van der Waals surface area contributed by atoms with Gasteiger partial charge < -0.3 is 26.7 Å². The summed E-state index contributed by atoms with van der Waals surface area (Å²) in [5.74, 6) is 1.70. The largest absolute Gasteiger partial charge is 0.347 e. The summed E-state index contributed by atoms with van der Waals surface area (Å²) in [6.07, 6.45) is 1.71. The second kappa shape index (κ2) is 20.3. The molecule has 4 heterocycles. The van der Waals surface area contributed by atoms with Crippen molar-refractivity contribution in [3.8, 4) is 11.4 Å². The van der Waals surface area contributed by atoms with Crippen molar-refractivity contribution < 1.29 is 9.59 Å². The van der Waals surface area contributed by atoms with Crippen molar-refractivity contribution in [2.24, 2.45) is 28.4 Å². The van der Waals surface area contributed by atoms with E-state index in [2.05, 4.69) is 74.7 Å². The Morgan fingerprint density at radius 1 is 0.759 bits per heavy atom. The van der Waals surface area contributed by atoms with Gasteiger partial charge in [0.1, 0.15) is 23.4 Å². The average molecular weight is 829 g/mol. The fourth-order valence-corrected chi connectivity index (χ4v) is 6.60. The number of hydrogen-bond acceptors (Lipinski definition) is 12. The smallest absolute Gasteiger partial charge is 0.270 e. The Balaban J connectivity index is 0.000000221. The fourth-order valence-electron chi connectivity index (χ4n) is 6.21. The Hall–Kier alpha value is -5.45. The van der Waals surface area contributed by atoms with Crippen LogP contribution in [0.4, 0.5) is 0 Å². The van der Waals surface area contributed by atoms with Gasteiger partial charge in [0, 0.05) is 60.6 Å². The van der Waals surface area contributed by atoms with Crippen LogP contribution in [0, 0.1) is 25.7 Å². The minimum Gasteiger partial charge on any atom is -0.347 e. The van der Waals surface area contributed by atoms with Crippen LogP contribution in [0.15, 0.2) is 72.1 Å². The molecule has 5 aromatic rings. The number of nitrogens with zero attached hydrogens (tertiary/aromatic N) is 7. The number of carbonyl (C=O) groups is 2. The van der Waals surface area contributed by atoms with E-state index >= 15 is 0 Å². The van der Waals surface area contributed by atoms with Gasteiger partial charge in [-0.15, -0.1) is 20.8 Å². The first-order valence-corrected chi connectivity index (χ1v) is 19.7. The van der Waals surface area contributed by atoms with Gasteiger partial charge in [-0.1, -0.05) is 63.0 Å². The molecule has 8 N–H and O–H groups in total. The van der Waals surface area contributed by atoms with Crippen LogP contribution < -0.4 is 33.2 Å². The molecular weight excluding hydrogens is 777 g/mol. The molecule has 0 spiro atoms. The molecule has 58 heavy (non-hydrogen) atoms. The van der Waals surface area contributed by atoms with Gasteiger partial charge in [0.05, 0.1) is 0 Å². The van der Waals surface area contributed by atoms with Gasteiger partial charge in [0.2, 0.25) is 0 Å². The first-order valence-electron chi connectivity index (χ1n) is 19.0. The number of amidine groups is 1. The molecule has 0 unspecified atom stereocenters. The average Bonchev–Trinajstić information content (AvgIpc) is 3.85. The summed E-state index contributed by atoms with van der Waals surface area (Å²) in [5, 5.41) is 21.4. The number of carbonyl (C=O) groups excluding carboxylic acids is 2. The third-order valence-corrected chi connectivity index (χ3v) is 9.33. The van der Waals surface area contributed by atoms with Crippen LogP contribution in [0.3, 0.4) is 0 Å². The molecule has 0 atom stereocenters. The Bertz CT molecular complexity index is 2260. The summed E-state index contributed by atoms with van der Waals surface area (Å²) in [6, 6.07) is 18.2. The highest BCUT2D eigenvalue weighted by Gasteiger charge is 2.23. The van der Waals surface area contributed by atoms with Crippen LogP contribution in [0.5, 0.6) is 0 Å². The summed E-state index contributed by atoms with van der Waals surface area (Å²) < 4.78 is 1.99. The standard InChI is InChI=1S/C21H25ClN6O.C20H26ClN7O/c1-13(2)11-28-12-25-27-20(28)16-6-14(3)26-19(8-16)21(29)24-10-17-7-18(22)5-4-15(17)9-23;1-12(2)11-28-19(25-26-27-28)17-6-13(3)7-18(24-17)20(29)23-10-15-8-16(21)5-4-14(15)9-22/h4-8,12-13H,9-11,23H2,1-3H3,(H,24,29);4-8,12,26-27H,9-11,22H2,1-3H3,(H,23,29). The molecule has 0 saturated heterocycles. The Morgan fingerprint density at radius 2 is 1.34 bits per heavy atom. The second-order valence-corrected chi connectivity index (χ2v) is 15.6. The molecule has 0 fully saturated rings. The normalized spacial score (nSPS) is 12.3. The van der Waals surface area contributed by atoms with Crippen molar-refractivity contribution >= 4 is 40.9 Å². The maximum atomic E-state index is 12.8. The molecule has 2 amide bonds. The predicted octanol–water partition coefficient (Wildman–Crippen LogP) is 5.42. The lowest BCUT2D eigenvalue weighted by molar-refractivity contribution is 0.0938. The molecule has 0 radical (unpaired) electrons. The lowest BCUT2D eigenvalue weighted by atomic mass is 10.1. The van der Waals surface area contributed by atoms with Crippen LogP contribution >= 0.6 is 23.2 Å². The topological polar surface area (TPSA) is 206 Å². The van der Waals surface area contributed by atoms with Gasteiger partial charge in [0.25, 0.3) is 11.8 Å². The lowest BCUT2D eigenvalue weighted by Gasteiger charge is -2.21. The summed E-state index contributed by atoms with van der Waals surface area (Å²) >= 11 is 12.1. The quantitative estimate of drug-likeness (QED) is 0.0834. The number of benzene rings is 2. The molecule has 0 aliphatic carbocycles. The minimum absolute atomic E-state index is 0.271. The van der Waals surface area contributed by atoms with Gasteiger partial charge in [-0.2, -0.15) is 0 Å². The van der Waals surface area contributed by atoms with Crippen molar-refractivity contribution in [3.05, 3.63) is 128 Å². The highest BCUT2D eigenvalue weighted by atomic mass is 35.5. The monoisotopic (exact) mass is 827 g/mol. The van der Waals surface area contributed by atoms with Gasteiger partial charge >= 0.3 is 0 Å². The molecule has 2 aromatic carbocycles. The van der Waals surface area contributed by atoms with E-state index in [0.29, 0.717) is 71.0 Å². The first kappa shape index (κ1) is 43.7. The SMILES string of the molecule is Cc1cc(-c2nncn2CC(C)C)cc(C(=O)NCc2cc(Cl)ccc2CN)n1.Cc1cc(C(=O)NCc2cc(Cl)ccc2CN)nc(C2=NNNN2CC(C)C)c1. The van der Waals surface area contributed by atoms with Crippen LogP contribution in [0.1, 0.15) is 87.9 Å². The maximum absolute atomic E-state index is 12.8. The van der Waals surface area contributed by atoms with Gasteiger partial charge in [-0.05, 0) is 102 Å². The van der Waals surface area contributed by atoms with E-state index in [1.54, 1.807) is 30.6 Å². The number of pyridine rings is 2. The molecule has 6 rings (SSSR count). The van der Waals surface area contributed by atoms with Crippen LogP contribution in [-0.4, -0.2) is 53.9 Å². The van der Waals surface area contributed by atoms with E-state index in [1.165, 1.54) is 0 Å². The van der Waals surface area contributed by atoms with Crippen LogP contribution in [0.25, 0.3) is 11.4 Å². The van der Waals surface area contributed by atoms with Crippen molar-refractivity contribution in [1.82, 2.24) is 51.4 Å². The van der Waals surface area contributed by atoms with Crippen molar-refractivity contribution in [2.75, 3.05) is 6.54 Å². The fraction of sp³-hybridized carbons (Fsp3) is 0.341. The van der Waals surface area contributed by atoms with E-state index in [9.17, 15) is 9.59 Å². The summed E-state index contributed by atoms with van der Waals surface area (Å²) in [4.78, 5) is 34.4.